The van der Waals surface area contributed by atoms with E-state index in [1.54, 1.807) is 0 Å². The molecule has 0 amide bonds. The summed E-state index contributed by atoms with van der Waals surface area (Å²) in [5.41, 5.74) is 15.3. The van der Waals surface area contributed by atoms with E-state index in [9.17, 15) is 5.11 Å². The molecule has 1 N–H and O–H groups in total. The first-order valence-electron chi connectivity index (χ1n) is 23.9. The fraction of sp³-hybridized carbons (Fsp3) is 0.323. The summed E-state index contributed by atoms with van der Waals surface area (Å²) < 4.78 is 2.27. The molecule has 0 atom stereocenters. The third kappa shape index (κ3) is 9.36. The van der Waals surface area contributed by atoms with Crippen molar-refractivity contribution in [3.05, 3.63) is 180 Å². The van der Waals surface area contributed by atoms with E-state index in [1.165, 1.54) is 16.7 Å². The van der Waals surface area contributed by atoms with Crippen molar-refractivity contribution < 1.29 is 26.2 Å². The van der Waals surface area contributed by atoms with Crippen LogP contribution in [-0.2, 0) is 48.1 Å². The molecule has 2 heterocycles. The Morgan fingerprint density at radius 1 is 0.552 bits per heavy atom. The molecule has 6 aromatic carbocycles. The van der Waals surface area contributed by atoms with Crippen molar-refractivity contribution in [2.24, 2.45) is 0 Å². The molecule has 0 unspecified atom stereocenters. The molecule has 1 fully saturated rings. The molecule has 0 spiro atoms. The van der Waals surface area contributed by atoms with Gasteiger partial charge in [0.1, 0.15) is 11.6 Å². The largest absolute Gasteiger partial charge is 0.507 e. The zero-order chi connectivity index (χ0) is 46.8. The van der Waals surface area contributed by atoms with E-state index in [0.717, 1.165) is 92.6 Å². The number of fused-ring (bicyclic) bond motifs is 1. The molecular formula is C62H66N3OPt-. The van der Waals surface area contributed by atoms with E-state index < -0.39 is 0 Å². The standard InChI is InChI=1S/C62H66N3O.Pt/c1-58(2,3)47-36-43(35-44(37-47)53-38-42(29-34-63-53)41-19-14-12-15-20-41)50-23-18-24-54-55(50)64-57(51-39-48(59(4,5)6)40-52(56(51)66)60(7,8)9)65(54)49-27-25-46(26-28-49)62(11)32-30-61(10,31-33-62)45-21-16-13-17-22-45;/h12-29,34,36-40,66H,30-33H2,1-11H3;/q-1;. The second-order valence-electron chi connectivity index (χ2n) is 22.6. The van der Waals surface area contributed by atoms with Gasteiger partial charge in [0.15, 0.2) is 0 Å². The van der Waals surface area contributed by atoms with Crippen molar-refractivity contribution in [3.63, 3.8) is 0 Å². The van der Waals surface area contributed by atoms with Crippen molar-refractivity contribution in [1.82, 2.24) is 14.5 Å². The van der Waals surface area contributed by atoms with Crippen LogP contribution in [0.5, 0.6) is 5.75 Å². The molecule has 0 aliphatic heterocycles. The minimum Gasteiger partial charge on any atom is -0.507 e. The van der Waals surface area contributed by atoms with Crippen LogP contribution in [0.15, 0.2) is 146 Å². The predicted octanol–water partition coefficient (Wildman–Crippen LogP) is 16.3. The quantitative estimate of drug-likeness (QED) is 0.162. The number of para-hydroxylation sites is 1. The number of nitrogens with zero attached hydrogens (tertiary/aromatic N) is 3. The average molecular weight is 1060 g/mol. The first-order valence-corrected chi connectivity index (χ1v) is 23.9. The van der Waals surface area contributed by atoms with E-state index >= 15 is 0 Å². The molecule has 0 bridgehead atoms. The van der Waals surface area contributed by atoms with Crippen molar-refractivity contribution in [2.45, 2.75) is 129 Å². The molecule has 1 aliphatic rings. The maximum Gasteiger partial charge on any atom is 0.148 e. The fourth-order valence-corrected chi connectivity index (χ4v) is 10.0. The monoisotopic (exact) mass is 1060 g/mol. The number of rotatable bonds is 7. The maximum absolute atomic E-state index is 12.5. The zero-order valence-electron chi connectivity index (χ0n) is 41.3. The van der Waals surface area contributed by atoms with Gasteiger partial charge in [0.25, 0.3) is 0 Å². The van der Waals surface area contributed by atoms with Gasteiger partial charge in [-0.2, -0.15) is 0 Å². The van der Waals surface area contributed by atoms with E-state index in [0.29, 0.717) is 5.82 Å². The Balaban J connectivity index is 0.00000608. The van der Waals surface area contributed by atoms with Gasteiger partial charge in [-0.05, 0) is 111 Å². The fourth-order valence-electron chi connectivity index (χ4n) is 10.0. The van der Waals surface area contributed by atoms with Crippen LogP contribution in [0.1, 0.15) is 130 Å². The molecule has 4 nitrogen and oxygen atoms in total. The molecule has 1 saturated carbocycles. The first kappa shape index (κ1) is 47.9. The predicted molar refractivity (Wildman–Crippen MR) is 277 cm³/mol. The topological polar surface area (TPSA) is 50.9 Å². The molecule has 0 radical (unpaired) electrons. The first-order chi connectivity index (χ1) is 31.2. The third-order valence-corrected chi connectivity index (χ3v) is 14.6. The molecule has 5 heteroatoms. The van der Waals surface area contributed by atoms with Gasteiger partial charge in [0.2, 0.25) is 0 Å². The van der Waals surface area contributed by atoms with Crippen LogP contribution in [0.3, 0.4) is 0 Å². The van der Waals surface area contributed by atoms with Crippen LogP contribution in [0.2, 0.25) is 0 Å². The number of aromatic nitrogens is 3. The Bertz CT molecular complexity index is 3040. The van der Waals surface area contributed by atoms with Crippen LogP contribution in [0.4, 0.5) is 0 Å². The Kier molecular flexibility index (Phi) is 12.7. The van der Waals surface area contributed by atoms with Gasteiger partial charge < -0.3 is 5.11 Å². The molecule has 0 saturated heterocycles. The third-order valence-electron chi connectivity index (χ3n) is 14.6. The zero-order valence-corrected chi connectivity index (χ0v) is 43.6. The number of phenols is 1. The number of hydrogen-bond donors (Lipinski definition) is 1. The van der Waals surface area contributed by atoms with Crippen LogP contribution in [0.25, 0.3) is 61.6 Å². The Labute approximate surface area is 414 Å². The van der Waals surface area contributed by atoms with Crippen LogP contribution >= 0.6 is 0 Å². The number of imidazole rings is 1. The van der Waals surface area contributed by atoms with Crippen LogP contribution < -0.4 is 0 Å². The van der Waals surface area contributed by atoms with E-state index in [1.807, 2.05) is 12.3 Å². The van der Waals surface area contributed by atoms with E-state index in [-0.39, 0.29) is 53.9 Å². The SMILES string of the molecule is CC(C)(C)c1cc(-c2cc(-c3ccccc3)ccn2)[c-]c(-c2cccc3c2nc(-c2cc(C(C)(C)C)cc(C(C)(C)C)c2O)n3-c2ccc(C3(C)CCC(C)(c4ccccc4)CC3)cc2)c1.[Pt]. The van der Waals surface area contributed by atoms with Crippen molar-refractivity contribution in [2.75, 3.05) is 0 Å². The van der Waals surface area contributed by atoms with Crippen LogP contribution in [0, 0.1) is 6.07 Å². The van der Waals surface area contributed by atoms with E-state index in [2.05, 4.69) is 220 Å². The van der Waals surface area contributed by atoms with E-state index in [4.69, 9.17) is 9.97 Å². The minimum atomic E-state index is -0.305. The summed E-state index contributed by atoms with van der Waals surface area (Å²) >= 11 is 0. The van der Waals surface area contributed by atoms with Gasteiger partial charge in [-0.1, -0.05) is 184 Å². The van der Waals surface area contributed by atoms with Crippen LogP contribution in [-0.4, -0.2) is 19.6 Å². The van der Waals surface area contributed by atoms with Gasteiger partial charge >= 0.3 is 0 Å². The van der Waals surface area contributed by atoms with Crippen molar-refractivity contribution in [1.29, 1.82) is 0 Å². The summed E-state index contributed by atoms with van der Waals surface area (Å²) in [5.74, 6) is 0.987. The Morgan fingerprint density at radius 2 is 1.12 bits per heavy atom. The molecule has 2 aromatic heterocycles. The van der Waals surface area contributed by atoms with Gasteiger partial charge in [-0.25, -0.2) is 4.98 Å². The smallest absolute Gasteiger partial charge is 0.148 e. The second kappa shape index (κ2) is 17.8. The van der Waals surface area contributed by atoms with Crippen molar-refractivity contribution in [3.8, 4) is 56.3 Å². The number of hydrogen-bond acceptors (Lipinski definition) is 3. The summed E-state index contributed by atoms with van der Waals surface area (Å²) in [7, 11) is 0. The second-order valence-corrected chi connectivity index (χ2v) is 22.6. The molecular weight excluding hydrogens is 998 g/mol. The van der Waals surface area contributed by atoms with Crippen molar-refractivity contribution >= 4 is 11.0 Å². The average Bonchev–Trinajstić information content (AvgIpc) is 3.69. The number of benzene rings is 6. The minimum absolute atomic E-state index is 0. The summed E-state index contributed by atoms with van der Waals surface area (Å²) in [6.07, 6.45) is 6.45. The Hall–Kier alpha value is -5.57. The summed E-state index contributed by atoms with van der Waals surface area (Å²) in [4.78, 5) is 10.5. The summed E-state index contributed by atoms with van der Waals surface area (Å²) in [6.45, 7) is 24.9. The number of pyridine rings is 1. The summed E-state index contributed by atoms with van der Waals surface area (Å²) in [6, 6.07) is 54.2. The molecule has 9 rings (SSSR count). The Morgan fingerprint density at radius 3 is 1.72 bits per heavy atom. The summed E-state index contributed by atoms with van der Waals surface area (Å²) in [5, 5.41) is 12.5. The van der Waals surface area contributed by atoms with Gasteiger partial charge in [0.05, 0.1) is 16.6 Å². The maximum atomic E-state index is 12.5. The molecule has 67 heavy (non-hydrogen) atoms. The number of phenolic OH excluding ortho intramolecular Hbond substituents is 1. The molecule has 8 aromatic rings. The molecule has 346 valence electrons. The van der Waals surface area contributed by atoms with Gasteiger partial charge in [-0.15, -0.1) is 29.3 Å². The molecule has 1 aliphatic carbocycles. The normalized spacial score (nSPS) is 17.9. The van der Waals surface area contributed by atoms with Gasteiger partial charge in [-0.3, -0.25) is 9.55 Å². The van der Waals surface area contributed by atoms with Gasteiger partial charge in [0, 0.05) is 44.2 Å². The number of aromatic hydroxyl groups is 1.